The Kier molecular flexibility index (Phi) is 7.31. The molecule has 5 aliphatic rings. The van der Waals surface area contributed by atoms with Crippen LogP contribution in [-0.2, 0) is 0 Å². The molecule has 1 aromatic carbocycles. The number of halogens is 1. The first-order chi connectivity index (χ1) is 18.0. The Labute approximate surface area is 227 Å². The maximum absolute atomic E-state index is 10.9. The van der Waals surface area contributed by atoms with Crippen LogP contribution in [-0.4, -0.2) is 69.6 Å². The fourth-order valence-electron chi connectivity index (χ4n) is 7.35. The van der Waals surface area contributed by atoms with Crippen molar-refractivity contribution in [2.75, 3.05) is 43.5 Å². The molecule has 1 aromatic heterocycles. The Hall–Kier alpha value is -1.94. The van der Waals surface area contributed by atoms with Crippen LogP contribution in [0.3, 0.4) is 0 Å². The molecule has 1 saturated heterocycles. The number of piperidine rings is 1. The number of benzene rings is 1. The van der Waals surface area contributed by atoms with Gasteiger partial charge in [-0.1, -0.05) is 0 Å². The summed E-state index contributed by atoms with van der Waals surface area (Å²) in [4.78, 5) is 11.6. The molecule has 7 rings (SSSR count). The van der Waals surface area contributed by atoms with E-state index in [2.05, 4.69) is 36.4 Å². The lowest BCUT2D eigenvalue weighted by molar-refractivity contribution is -0.129. The van der Waals surface area contributed by atoms with E-state index in [1.807, 2.05) is 24.3 Å². The molecule has 1 aliphatic heterocycles. The number of nitrogens with one attached hydrogen (secondary N) is 2. The first-order valence-electron chi connectivity index (χ1n) is 13.8. The molecule has 0 amide bonds. The minimum absolute atomic E-state index is 0.306. The van der Waals surface area contributed by atoms with Crippen LogP contribution in [0.25, 0.3) is 0 Å². The highest BCUT2D eigenvalue weighted by atomic mass is 79.9. The third kappa shape index (κ3) is 5.75. The van der Waals surface area contributed by atoms with Gasteiger partial charge in [-0.15, -0.1) is 0 Å². The fraction of sp³-hybridized carbons (Fsp3) is 0.643. The zero-order valence-corrected chi connectivity index (χ0v) is 22.9. The van der Waals surface area contributed by atoms with Gasteiger partial charge in [0.15, 0.2) is 0 Å². The van der Waals surface area contributed by atoms with Gasteiger partial charge in [-0.2, -0.15) is 4.98 Å². The van der Waals surface area contributed by atoms with E-state index in [9.17, 15) is 10.2 Å². The van der Waals surface area contributed by atoms with Gasteiger partial charge in [-0.05, 0) is 122 Å². The van der Waals surface area contributed by atoms with Crippen molar-refractivity contribution < 1.29 is 14.9 Å². The first kappa shape index (κ1) is 25.3. The van der Waals surface area contributed by atoms with E-state index in [-0.39, 0.29) is 0 Å². The van der Waals surface area contributed by atoms with Crippen LogP contribution in [0.2, 0.25) is 0 Å². The van der Waals surface area contributed by atoms with Gasteiger partial charge in [0.1, 0.15) is 18.2 Å². The normalized spacial score (nSPS) is 31.4. The number of rotatable bonds is 9. The largest absolute Gasteiger partial charge is 0.492 e. The molecular formula is C28H38BrN5O3. The number of nitrogens with zero attached hydrogens (tertiary/aromatic N) is 3. The molecular weight excluding hydrogens is 534 g/mol. The van der Waals surface area contributed by atoms with Crippen LogP contribution in [0.4, 0.5) is 17.5 Å². The molecule has 8 nitrogen and oxygen atoms in total. The molecule has 0 radical (unpaired) electrons. The van der Waals surface area contributed by atoms with Crippen molar-refractivity contribution in [1.29, 1.82) is 0 Å². The Morgan fingerprint density at radius 1 is 1.08 bits per heavy atom. The molecule has 200 valence electrons. The minimum Gasteiger partial charge on any atom is -0.492 e. The summed E-state index contributed by atoms with van der Waals surface area (Å²) < 4.78 is 6.81. The predicted octanol–water partition coefficient (Wildman–Crippen LogP) is 4.42. The van der Waals surface area contributed by atoms with Gasteiger partial charge >= 0.3 is 0 Å². The molecule has 2 atom stereocenters. The first-order valence-corrected chi connectivity index (χ1v) is 14.6. The van der Waals surface area contributed by atoms with E-state index in [1.165, 1.54) is 12.8 Å². The molecule has 4 bridgehead atoms. The van der Waals surface area contributed by atoms with Crippen LogP contribution in [0.15, 0.2) is 34.9 Å². The summed E-state index contributed by atoms with van der Waals surface area (Å²) in [6, 6.07) is 8.27. The molecule has 0 spiro atoms. The average Bonchev–Trinajstić information content (AvgIpc) is 2.88. The van der Waals surface area contributed by atoms with Crippen LogP contribution in [0.5, 0.6) is 5.75 Å². The summed E-state index contributed by atoms with van der Waals surface area (Å²) >= 11 is 3.63. The van der Waals surface area contributed by atoms with Gasteiger partial charge in [0.25, 0.3) is 0 Å². The number of aromatic nitrogens is 2. The van der Waals surface area contributed by atoms with Crippen molar-refractivity contribution in [2.45, 2.75) is 56.6 Å². The van der Waals surface area contributed by atoms with Crippen molar-refractivity contribution in [3.8, 4) is 5.75 Å². The highest BCUT2D eigenvalue weighted by Gasteiger charge is 2.54. The fourth-order valence-corrected chi connectivity index (χ4v) is 7.66. The number of anilines is 3. The third-order valence-corrected chi connectivity index (χ3v) is 9.62. The number of hydrogen-bond donors (Lipinski definition) is 4. The molecule has 5 fully saturated rings. The lowest BCUT2D eigenvalue weighted by Crippen LogP contribution is -2.59. The van der Waals surface area contributed by atoms with E-state index in [0.29, 0.717) is 48.9 Å². The summed E-state index contributed by atoms with van der Waals surface area (Å²) in [5.74, 6) is 4.37. The van der Waals surface area contributed by atoms with Crippen molar-refractivity contribution >= 4 is 33.4 Å². The maximum atomic E-state index is 10.9. The Morgan fingerprint density at radius 3 is 2.49 bits per heavy atom. The van der Waals surface area contributed by atoms with Crippen molar-refractivity contribution in [1.82, 2.24) is 14.9 Å². The zero-order valence-electron chi connectivity index (χ0n) is 21.3. The quantitative estimate of drug-likeness (QED) is 0.351. The molecule has 4 N–H and O–H groups in total. The Bertz CT molecular complexity index is 1060. The zero-order chi connectivity index (χ0) is 25.4. The number of aliphatic hydroxyl groups is 2. The average molecular weight is 573 g/mol. The molecule has 9 heteroatoms. The van der Waals surface area contributed by atoms with E-state index < -0.39 is 5.60 Å². The highest BCUT2D eigenvalue weighted by Crippen LogP contribution is 2.56. The molecule has 4 aliphatic carbocycles. The topological polar surface area (TPSA) is 103 Å². The Balaban J connectivity index is 1.02. The van der Waals surface area contributed by atoms with Crippen LogP contribution in [0, 0.1) is 23.7 Å². The van der Waals surface area contributed by atoms with Crippen LogP contribution in [0.1, 0.15) is 44.9 Å². The molecule has 2 aromatic rings. The third-order valence-electron chi connectivity index (χ3n) is 9.04. The molecule has 2 unspecified atom stereocenters. The minimum atomic E-state index is -0.433. The van der Waals surface area contributed by atoms with E-state index >= 15 is 0 Å². The van der Waals surface area contributed by atoms with Gasteiger partial charge in [0.05, 0.1) is 10.1 Å². The lowest BCUT2D eigenvalue weighted by atomic mass is 9.52. The smallest absolute Gasteiger partial charge is 0.229 e. The summed E-state index contributed by atoms with van der Waals surface area (Å²) in [5, 5.41) is 27.2. The van der Waals surface area contributed by atoms with E-state index in [1.54, 1.807) is 6.20 Å². The summed E-state index contributed by atoms with van der Waals surface area (Å²) in [6.07, 6.45) is 9.15. The van der Waals surface area contributed by atoms with Gasteiger partial charge < -0.3 is 25.6 Å². The van der Waals surface area contributed by atoms with E-state index in [0.717, 1.165) is 73.5 Å². The monoisotopic (exact) mass is 571 g/mol. The molecule has 37 heavy (non-hydrogen) atoms. The summed E-state index contributed by atoms with van der Waals surface area (Å²) in [7, 11) is 0. The van der Waals surface area contributed by atoms with Gasteiger partial charge in [0.2, 0.25) is 5.95 Å². The summed E-state index contributed by atoms with van der Waals surface area (Å²) in [6.45, 7) is 3.94. The van der Waals surface area contributed by atoms with Crippen molar-refractivity contribution in [3.63, 3.8) is 0 Å². The summed E-state index contributed by atoms with van der Waals surface area (Å²) in [5.41, 5.74) is 0.473. The van der Waals surface area contributed by atoms with Crippen molar-refractivity contribution in [2.24, 2.45) is 23.7 Å². The standard InChI is InChI=1S/C28H38BrN5O3/c29-24-16-30-27(33-26(24)32-25-20-11-19-12-21(25)15-28(36,13-19)14-20)31-22-1-3-23(4-2-22)37-10-9-34-7-5-18(17-35)6-8-34/h1-4,16,18-21,25,35-36H,5-15,17H2,(H2,30,31,32,33). The van der Waals surface area contributed by atoms with Crippen LogP contribution < -0.4 is 15.4 Å². The second kappa shape index (κ2) is 10.7. The van der Waals surface area contributed by atoms with Crippen molar-refractivity contribution in [3.05, 3.63) is 34.9 Å². The molecule has 2 heterocycles. The number of hydrogen-bond acceptors (Lipinski definition) is 8. The lowest BCUT2D eigenvalue weighted by Gasteiger charge is -2.58. The van der Waals surface area contributed by atoms with Gasteiger partial charge in [-0.3, -0.25) is 4.90 Å². The molecule has 4 saturated carbocycles. The highest BCUT2D eigenvalue weighted by molar-refractivity contribution is 9.10. The van der Waals surface area contributed by atoms with Gasteiger partial charge in [0, 0.05) is 31.1 Å². The number of ether oxygens (including phenoxy) is 1. The number of likely N-dealkylation sites (tertiary alicyclic amines) is 1. The van der Waals surface area contributed by atoms with Crippen LogP contribution >= 0.6 is 15.9 Å². The van der Waals surface area contributed by atoms with E-state index in [4.69, 9.17) is 9.72 Å². The SMILES string of the molecule is OCC1CCN(CCOc2ccc(Nc3ncc(Br)c(NC4C5CC6CC4CC(O)(C6)C5)n3)cc2)CC1. The second-order valence-electron chi connectivity index (χ2n) is 11.7. The maximum Gasteiger partial charge on any atom is 0.229 e. The number of aliphatic hydroxyl groups excluding tert-OH is 1. The Morgan fingerprint density at radius 2 is 1.81 bits per heavy atom. The second-order valence-corrected chi connectivity index (χ2v) is 12.6. The predicted molar refractivity (Wildman–Crippen MR) is 147 cm³/mol. The van der Waals surface area contributed by atoms with Gasteiger partial charge in [-0.25, -0.2) is 4.98 Å².